The number of fused-ring (bicyclic) bond motifs is 1. The first-order valence-electron chi connectivity index (χ1n) is 11.1. The lowest BCUT2D eigenvalue weighted by Crippen LogP contribution is -2.25. The second-order valence-electron chi connectivity index (χ2n) is 7.87. The van der Waals surface area contributed by atoms with Crippen LogP contribution in [0, 0.1) is 0 Å². The number of halogens is 2. The summed E-state index contributed by atoms with van der Waals surface area (Å²) in [6, 6.07) is 10.8. The highest BCUT2D eigenvalue weighted by atomic mass is 35.5. The maximum Gasteiger partial charge on any atom is 0.274 e. The number of carbonyl (C=O) groups is 2. The van der Waals surface area contributed by atoms with Crippen LogP contribution in [-0.4, -0.2) is 35.4 Å². The lowest BCUT2D eigenvalue weighted by Gasteiger charge is -2.12. The van der Waals surface area contributed by atoms with Gasteiger partial charge in [0.05, 0.1) is 19.9 Å². The Morgan fingerprint density at radius 2 is 1.73 bits per heavy atom. The highest BCUT2D eigenvalue weighted by molar-refractivity contribution is 7.19. The van der Waals surface area contributed by atoms with Crippen molar-refractivity contribution < 1.29 is 19.1 Å². The lowest BCUT2D eigenvalue weighted by molar-refractivity contribution is 0.0989. The number of aromatic nitrogens is 2. The molecule has 0 spiro atoms. The molecule has 0 aliphatic heterocycles. The molecule has 0 radical (unpaired) electrons. The molecule has 0 fully saturated rings. The van der Waals surface area contributed by atoms with Gasteiger partial charge in [0.1, 0.15) is 22.1 Å². The average Bonchev–Trinajstić information content (AvgIpc) is 3.24. The Labute approximate surface area is 226 Å². The maximum atomic E-state index is 13.6. The van der Waals surface area contributed by atoms with Crippen molar-refractivity contribution in [2.45, 2.75) is 19.8 Å². The number of carbonyl (C=O) groups excluding carboxylic acids is 2. The number of methoxy groups -OCH3 is 2. The van der Waals surface area contributed by atoms with Gasteiger partial charge >= 0.3 is 0 Å². The van der Waals surface area contributed by atoms with Crippen LogP contribution in [0.5, 0.6) is 11.5 Å². The molecule has 2 N–H and O–H groups in total. The summed E-state index contributed by atoms with van der Waals surface area (Å²) in [4.78, 5) is 44.7. The zero-order valence-electron chi connectivity index (χ0n) is 20.1. The third-order valence-corrected chi connectivity index (χ3v) is 6.75. The maximum absolute atomic E-state index is 13.6. The van der Waals surface area contributed by atoms with Gasteiger partial charge in [0, 0.05) is 33.6 Å². The number of nitrogens with zero attached hydrogens (tertiary/aromatic N) is 2. The van der Waals surface area contributed by atoms with E-state index in [-0.39, 0.29) is 15.5 Å². The zero-order chi connectivity index (χ0) is 26.7. The summed E-state index contributed by atoms with van der Waals surface area (Å²) >= 11 is 13.1. The molecule has 0 aliphatic carbocycles. The summed E-state index contributed by atoms with van der Waals surface area (Å²) < 4.78 is 11.7. The van der Waals surface area contributed by atoms with Gasteiger partial charge in [0.2, 0.25) is 0 Å². The largest absolute Gasteiger partial charge is 0.497 e. The Hall–Kier alpha value is -3.60. The van der Waals surface area contributed by atoms with E-state index in [1.165, 1.54) is 38.5 Å². The average molecular weight is 561 g/mol. The molecule has 4 aromatic rings. The first-order valence-corrected chi connectivity index (χ1v) is 12.7. The Kier molecular flexibility index (Phi) is 8.01. The summed E-state index contributed by atoms with van der Waals surface area (Å²) in [5.74, 6) is -0.462. The number of aryl methyl sites for hydroxylation is 1. The van der Waals surface area contributed by atoms with E-state index in [1.807, 2.05) is 6.92 Å². The van der Waals surface area contributed by atoms with Crippen molar-refractivity contribution in [3.8, 4) is 11.5 Å². The quantitative estimate of drug-likeness (QED) is 0.293. The highest BCUT2D eigenvalue weighted by Crippen LogP contribution is 2.31. The lowest BCUT2D eigenvalue weighted by atomic mass is 10.2. The monoisotopic (exact) mass is 560 g/mol. The molecular weight excluding hydrogens is 539 g/mol. The number of thiazole rings is 1. The second kappa shape index (κ2) is 11.2. The fourth-order valence-corrected chi connectivity index (χ4v) is 5.23. The minimum Gasteiger partial charge on any atom is -0.497 e. The Morgan fingerprint density at radius 1 is 1.00 bits per heavy atom. The first-order chi connectivity index (χ1) is 17.7. The predicted octanol–water partition coefficient (Wildman–Crippen LogP) is 5.54. The number of amides is 2. The van der Waals surface area contributed by atoms with E-state index in [1.54, 1.807) is 18.2 Å². The minimum absolute atomic E-state index is 0.0145. The van der Waals surface area contributed by atoms with Crippen LogP contribution in [-0.2, 0) is 6.42 Å². The molecule has 0 saturated heterocycles. The van der Waals surface area contributed by atoms with Crippen LogP contribution in [0.25, 0.3) is 4.96 Å². The van der Waals surface area contributed by atoms with E-state index in [9.17, 15) is 14.4 Å². The van der Waals surface area contributed by atoms with Crippen molar-refractivity contribution in [3.05, 3.63) is 79.1 Å². The summed E-state index contributed by atoms with van der Waals surface area (Å²) in [7, 11) is 2.96. The van der Waals surface area contributed by atoms with Crippen molar-refractivity contribution in [1.29, 1.82) is 0 Å². The van der Waals surface area contributed by atoms with E-state index >= 15 is 0 Å². The summed E-state index contributed by atoms with van der Waals surface area (Å²) in [6.45, 7) is 1.97. The van der Waals surface area contributed by atoms with Gasteiger partial charge in [-0.1, -0.05) is 47.9 Å². The molecule has 12 heteroatoms. The van der Waals surface area contributed by atoms with Crippen LogP contribution >= 0.6 is 34.5 Å². The Morgan fingerprint density at radius 3 is 2.38 bits per heavy atom. The van der Waals surface area contributed by atoms with Gasteiger partial charge in [-0.25, -0.2) is 9.38 Å². The van der Waals surface area contributed by atoms with E-state index in [2.05, 4.69) is 15.6 Å². The van der Waals surface area contributed by atoms with Gasteiger partial charge in [0.15, 0.2) is 4.96 Å². The molecule has 2 aromatic heterocycles. The smallest absolute Gasteiger partial charge is 0.274 e. The van der Waals surface area contributed by atoms with Gasteiger partial charge in [-0.15, -0.1) is 0 Å². The molecular formula is C25H22Cl2N4O5S. The van der Waals surface area contributed by atoms with Crippen LogP contribution < -0.4 is 25.7 Å². The molecule has 0 saturated carbocycles. The van der Waals surface area contributed by atoms with E-state index in [4.69, 9.17) is 32.7 Å². The van der Waals surface area contributed by atoms with Crippen molar-refractivity contribution in [2.75, 3.05) is 24.9 Å². The number of hydrogen-bond acceptors (Lipinski definition) is 7. The summed E-state index contributed by atoms with van der Waals surface area (Å²) in [5.41, 5.74) is 0.593. The highest BCUT2D eigenvalue weighted by Gasteiger charge is 2.27. The topological polar surface area (TPSA) is 111 Å². The zero-order valence-corrected chi connectivity index (χ0v) is 22.4. The van der Waals surface area contributed by atoms with E-state index in [0.717, 1.165) is 22.2 Å². The molecule has 2 heterocycles. The minimum atomic E-state index is -0.698. The third kappa shape index (κ3) is 5.71. The molecule has 0 atom stereocenters. The van der Waals surface area contributed by atoms with Crippen molar-refractivity contribution in [1.82, 2.24) is 9.38 Å². The number of benzene rings is 2. The van der Waals surface area contributed by atoms with E-state index in [0.29, 0.717) is 45.0 Å². The number of ether oxygens (including phenoxy) is 2. The molecule has 2 aromatic carbocycles. The van der Waals surface area contributed by atoms with Crippen molar-refractivity contribution >= 4 is 62.7 Å². The predicted molar refractivity (Wildman–Crippen MR) is 145 cm³/mol. The fraction of sp³-hybridized carbons (Fsp3) is 0.200. The van der Waals surface area contributed by atoms with Gasteiger partial charge in [-0.3, -0.25) is 14.4 Å². The summed E-state index contributed by atoms with van der Waals surface area (Å²) in [6.07, 6.45) is 1.36. The number of rotatable bonds is 8. The van der Waals surface area contributed by atoms with Gasteiger partial charge in [0.25, 0.3) is 17.4 Å². The normalized spacial score (nSPS) is 10.8. The molecule has 0 aliphatic rings. The molecule has 192 valence electrons. The van der Waals surface area contributed by atoms with Crippen LogP contribution in [0.2, 0.25) is 10.0 Å². The molecule has 2 amide bonds. The summed E-state index contributed by atoms with van der Waals surface area (Å²) in [5, 5.41) is 6.07. The number of hydrogen-bond donors (Lipinski definition) is 2. The first kappa shape index (κ1) is 26.5. The standard InChI is InChI=1S/C25H22Cl2N4O5S/c1-4-5-15-11-20(32)31-21(23(33)30-18-7-6-17(35-2)12-19(18)36-3)22(37-25(31)29-15)24(34)28-16-9-13(26)8-14(27)10-16/h6-12H,4-5H2,1-3H3,(H,28,34)(H,30,33). The van der Waals surface area contributed by atoms with Crippen LogP contribution in [0.15, 0.2) is 47.3 Å². The molecule has 0 bridgehead atoms. The van der Waals surface area contributed by atoms with E-state index < -0.39 is 17.4 Å². The SMILES string of the molecule is CCCc1cc(=O)n2c(C(=O)Nc3ccc(OC)cc3OC)c(C(=O)Nc3cc(Cl)cc(Cl)c3)sc2n1. The fourth-order valence-electron chi connectivity index (χ4n) is 3.66. The van der Waals surface area contributed by atoms with Crippen LogP contribution in [0.4, 0.5) is 11.4 Å². The van der Waals surface area contributed by atoms with Crippen molar-refractivity contribution in [3.63, 3.8) is 0 Å². The molecule has 0 unspecified atom stereocenters. The molecule has 9 nitrogen and oxygen atoms in total. The number of nitrogens with one attached hydrogen (secondary N) is 2. The number of anilines is 2. The Bertz CT molecular complexity index is 1550. The van der Waals surface area contributed by atoms with Crippen molar-refractivity contribution in [2.24, 2.45) is 0 Å². The van der Waals surface area contributed by atoms with Crippen LogP contribution in [0.3, 0.4) is 0 Å². The van der Waals surface area contributed by atoms with Crippen LogP contribution in [0.1, 0.15) is 39.2 Å². The molecule has 4 rings (SSSR count). The van der Waals surface area contributed by atoms with Gasteiger partial charge < -0.3 is 20.1 Å². The third-order valence-electron chi connectivity index (χ3n) is 5.28. The van der Waals surface area contributed by atoms with Gasteiger partial charge in [-0.05, 0) is 36.8 Å². The van der Waals surface area contributed by atoms with Gasteiger partial charge in [-0.2, -0.15) is 0 Å². The second-order valence-corrected chi connectivity index (χ2v) is 9.72. The Balaban J connectivity index is 1.81. The molecule has 37 heavy (non-hydrogen) atoms.